The molecule has 1 atom stereocenters. The van der Waals surface area contributed by atoms with E-state index in [1.165, 1.54) is 6.07 Å². The number of ether oxygens (including phenoxy) is 1. The molecule has 0 aliphatic heterocycles. The Morgan fingerprint density at radius 3 is 2.81 bits per heavy atom. The average Bonchev–Trinajstić information content (AvgIpc) is 2.47. The number of non-ortho nitro benzene ring substituents is 1. The van der Waals surface area contributed by atoms with Crippen LogP contribution in [0, 0.1) is 10.1 Å². The molecule has 0 saturated carbocycles. The van der Waals surface area contributed by atoms with Gasteiger partial charge in [-0.15, -0.1) is 0 Å². The maximum absolute atomic E-state index is 11.2. The molecule has 0 aliphatic rings. The van der Waals surface area contributed by atoms with Crippen LogP contribution in [0.15, 0.2) is 24.3 Å². The van der Waals surface area contributed by atoms with Gasteiger partial charge >= 0.3 is 5.97 Å². The summed E-state index contributed by atoms with van der Waals surface area (Å²) in [5, 5.41) is 14.1. The molecule has 0 bridgehead atoms. The number of rotatable bonds is 9. The highest BCUT2D eigenvalue weighted by molar-refractivity contribution is 5.69. The number of nitrogens with one attached hydrogen (secondary N) is 1. The predicted octanol–water partition coefficient (Wildman–Crippen LogP) is 2.98. The minimum Gasteiger partial charge on any atom is -0.466 e. The smallest absolute Gasteiger partial charge is 0.305 e. The van der Waals surface area contributed by atoms with Gasteiger partial charge in [0.1, 0.15) is 0 Å². The van der Waals surface area contributed by atoms with Crippen molar-refractivity contribution < 1.29 is 14.5 Å². The van der Waals surface area contributed by atoms with Gasteiger partial charge in [-0.05, 0) is 31.9 Å². The van der Waals surface area contributed by atoms with E-state index in [-0.39, 0.29) is 17.7 Å². The van der Waals surface area contributed by atoms with E-state index >= 15 is 0 Å². The highest BCUT2D eigenvalue weighted by atomic mass is 16.6. The first-order valence-electron chi connectivity index (χ1n) is 7.21. The van der Waals surface area contributed by atoms with Crippen LogP contribution < -0.4 is 5.32 Å². The molecule has 0 spiro atoms. The van der Waals surface area contributed by atoms with Gasteiger partial charge in [-0.3, -0.25) is 14.9 Å². The molecule has 0 aliphatic carbocycles. The standard InChI is InChI=1S/C15H22N2O4/c1-3-14(16-10-6-9-15(18)21-4-2)12-7-5-8-13(11-12)17(19)20/h5,7-8,11,14,16H,3-4,6,9-10H2,1-2H3. The number of nitro benzene ring substituents is 1. The zero-order valence-electron chi connectivity index (χ0n) is 12.5. The van der Waals surface area contributed by atoms with Crippen LogP contribution in [0.2, 0.25) is 0 Å². The Morgan fingerprint density at radius 1 is 1.43 bits per heavy atom. The van der Waals surface area contributed by atoms with Gasteiger partial charge in [-0.2, -0.15) is 0 Å². The summed E-state index contributed by atoms with van der Waals surface area (Å²) in [6, 6.07) is 6.69. The summed E-state index contributed by atoms with van der Waals surface area (Å²) in [6.07, 6.45) is 1.89. The Kier molecular flexibility index (Phi) is 7.39. The molecule has 0 aromatic heterocycles. The predicted molar refractivity (Wildman–Crippen MR) is 80.0 cm³/mol. The molecule has 1 unspecified atom stereocenters. The molecular weight excluding hydrogens is 272 g/mol. The van der Waals surface area contributed by atoms with Crippen molar-refractivity contribution in [1.82, 2.24) is 5.32 Å². The molecule has 1 rings (SSSR count). The van der Waals surface area contributed by atoms with E-state index in [4.69, 9.17) is 4.74 Å². The number of hydrogen-bond donors (Lipinski definition) is 1. The van der Waals surface area contributed by atoms with E-state index in [2.05, 4.69) is 5.32 Å². The normalized spacial score (nSPS) is 11.9. The number of hydrogen-bond acceptors (Lipinski definition) is 5. The Hall–Kier alpha value is -1.95. The van der Waals surface area contributed by atoms with Gasteiger partial charge in [0.05, 0.1) is 11.5 Å². The SMILES string of the molecule is CCOC(=O)CCCNC(CC)c1cccc([N+](=O)[O-])c1. The molecule has 0 heterocycles. The molecule has 1 aromatic carbocycles. The fourth-order valence-electron chi connectivity index (χ4n) is 2.10. The van der Waals surface area contributed by atoms with E-state index in [1.54, 1.807) is 19.1 Å². The van der Waals surface area contributed by atoms with E-state index in [9.17, 15) is 14.9 Å². The second-order valence-corrected chi connectivity index (χ2v) is 4.68. The summed E-state index contributed by atoms with van der Waals surface area (Å²) < 4.78 is 4.86. The van der Waals surface area contributed by atoms with Gasteiger partial charge in [-0.1, -0.05) is 19.1 Å². The second kappa shape index (κ2) is 9.07. The third-order valence-corrected chi connectivity index (χ3v) is 3.15. The van der Waals surface area contributed by atoms with Gasteiger partial charge in [-0.25, -0.2) is 0 Å². The minimum absolute atomic E-state index is 0.0482. The van der Waals surface area contributed by atoms with Crippen molar-refractivity contribution in [3.63, 3.8) is 0 Å². The quantitative estimate of drug-likeness (QED) is 0.328. The van der Waals surface area contributed by atoms with E-state index in [0.29, 0.717) is 26.0 Å². The molecule has 0 amide bonds. The molecule has 21 heavy (non-hydrogen) atoms. The van der Waals surface area contributed by atoms with Gasteiger partial charge in [0.25, 0.3) is 5.69 Å². The largest absolute Gasteiger partial charge is 0.466 e. The monoisotopic (exact) mass is 294 g/mol. The third kappa shape index (κ3) is 5.91. The summed E-state index contributed by atoms with van der Waals surface area (Å²) in [4.78, 5) is 21.6. The van der Waals surface area contributed by atoms with Crippen molar-refractivity contribution in [2.75, 3.05) is 13.2 Å². The molecule has 1 N–H and O–H groups in total. The number of carbonyl (C=O) groups is 1. The zero-order valence-corrected chi connectivity index (χ0v) is 12.5. The van der Waals surface area contributed by atoms with Crippen LogP contribution in [0.25, 0.3) is 0 Å². The van der Waals surface area contributed by atoms with Crippen LogP contribution in [-0.4, -0.2) is 24.0 Å². The zero-order chi connectivity index (χ0) is 15.7. The average molecular weight is 294 g/mol. The number of carbonyl (C=O) groups excluding carboxylic acids is 1. The molecule has 0 fully saturated rings. The molecule has 116 valence electrons. The molecule has 0 saturated heterocycles. The fourth-order valence-corrected chi connectivity index (χ4v) is 2.10. The van der Waals surface area contributed by atoms with Crippen molar-refractivity contribution in [1.29, 1.82) is 0 Å². The molecule has 1 aromatic rings. The lowest BCUT2D eigenvalue weighted by molar-refractivity contribution is -0.384. The summed E-state index contributed by atoms with van der Waals surface area (Å²) in [7, 11) is 0. The molecule has 6 heteroatoms. The first-order chi connectivity index (χ1) is 10.1. The van der Waals surface area contributed by atoms with Crippen LogP contribution in [0.5, 0.6) is 0 Å². The van der Waals surface area contributed by atoms with Crippen LogP contribution in [-0.2, 0) is 9.53 Å². The minimum atomic E-state index is -0.392. The highest BCUT2D eigenvalue weighted by Gasteiger charge is 2.13. The second-order valence-electron chi connectivity index (χ2n) is 4.68. The fraction of sp³-hybridized carbons (Fsp3) is 0.533. The first-order valence-corrected chi connectivity index (χ1v) is 7.21. The van der Waals surface area contributed by atoms with Gasteiger partial charge in [0.15, 0.2) is 0 Å². The summed E-state index contributed by atoms with van der Waals surface area (Å²) >= 11 is 0. The van der Waals surface area contributed by atoms with Crippen LogP contribution in [0.3, 0.4) is 0 Å². The van der Waals surface area contributed by atoms with E-state index < -0.39 is 4.92 Å². The van der Waals surface area contributed by atoms with Crippen molar-refractivity contribution >= 4 is 11.7 Å². The van der Waals surface area contributed by atoms with E-state index in [0.717, 1.165) is 12.0 Å². The van der Waals surface area contributed by atoms with Crippen molar-refractivity contribution in [2.24, 2.45) is 0 Å². The topological polar surface area (TPSA) is 81.5 Å². The summed E-state index contributed by atoms with van der Waals surface area (Å²) in [5.74, 6) is -0.192. The Morgan fingerprint density at radius 2 is 2.19 bits per heavy atom. The van der Waals surface area contributed by atoms with Crippen molar-refractivity contribution in [3.8, 4) is 0 Å². The Bertz CT molecular complexity index is 476. The van der Waals surface area contributed by atoms with Gasteiger partial charge in [0.2, 0.25) is 0 Å². The maximum Gasteiger partial charge on any atom is 0.305 e. The van der Waals surface area contributed by atoms with Crippen LogP contribution >= 0.6 is 0 Å². The van der Waals surface area contributed by atoms with E-state index in [1.807, 2.05) is 13.0 Å². The van der Waals surface area contributed by atoms with Gasteiger partial charge in [0, 0.05) is 24.6 Å². The van der Waals surface area contributed by atoms with Crippen molar-refractivity contribution in [3.05, 3.63) is 39.9 Å². The Balaban J connectivity index is 2.49. The van der Waals surface area contributed by atoms with Crippen LogP contribution in [0.4, 0.5) is 5.69 Å². The summed E-state index contributed by atoms with van der Waals surface area (Å²) in [6.45, 7) is 4.87. The molecular formula is C15H22N2O4. The lowest BCUT2D eigenvalue weighted by atomic mass is 10.0. The maximum atomic E-state index is 11.2. The number of nitrogens with zero attached hydrogens (tertiary/aromatic N) is 1. The third-order valence-electron chi connectivity index (χ3n) is 3.15. The molecule has 6 nitrogen and oxygen atoms in total. The first kappa shape index (κ1) is 17.1. The van der Waals surface area contributed by atoms with Gasteiger partial charge < -0.3 is 10.1 Å². The number of nitro groups is 1. The summed E-state index contributed by atoms with van der Waals surface area (Å²) in [5.41, 5.74) is 0.988. The number of benzene rings is 1. The lowest BCUT2D eigenvalue weighted by Gasteiger charge is -2.17. The lowest BCUT2D eigenvalue weighted by Crippen LogP contribution is -2.22. The van der Waals surface area contributed by atoms with Crippen molar-refractivity contribution in [2.45, 2.75) is 39.2 Å². The Labute approximate surface area is 124 Å². The molecule has 0 radical (unpaired) electrons. The highest BCUT2D eigenvalue weighted by Crippen LogP contribution is 2.21. The van der Waals surface area contributed by atoms with Crippen LogP contribution in [0.1, 0.15) is 44.7 Å². The number of esters is 1.